The monoisotopic (exact) mass is 550 g/mol. The number of hydrogen-bond donors (Lipinski definition) is 1. The summed E-state index contributed by atoms with van der Waals surface area (Å²) in [7, 11) is 0. The maximum absolute atomic E-state index is 13.7. The zero-order chi connectivity index (χ0) is 25.3. The van der Waals surface area contributed by atoms with Gasteiger partial charge in [0.1, 0.15) is 0 Å². The molecule has 0 aliphatic carbocycles. The number of ether oxygens (including phenoxy) is 1. The Morgan fingerprint density at radius 2 is 1.57 bits per heavy atom. The number of hydrogen-bond acceptors (Lipinski definition) is 5. The summed E-state index contributed by atoms with van der Waals surface area (Å²) in [5.41, 5.74) is 6.38. The van der Waals surface area contributed by atoms with Crippen molar-refractivity contribution in [3.63, 3.8) is 0 Å². The van der Waals surface area contributed by atoms with E-state index in [0.717, 1.165) is 38.1 Å². The highest BCUT2D eigenvalue weighted by Crippen LogP contribution is 2.41. The first-order chi connectivity index (χ1) is 16.6. The number of anilines is 1. The van der Waals surface area contributed by atoms with Crippen molar-refractivity contribution in [2.75, 3.05) is 11.5 Å². The maximum Gasteiger partial charge on any atom is 0.271 e. The van der Waals surface area contributed by atoms with Crippen LogP contribution in [0.1, 0.15) is 34.7 Å². The summed E-state index contributed by atoms with van der Waals surface area (Å²) in [5.74, 6) is 0.161. The minimum absolute atomic E-state index is 0.00593. The minimum atomic E-state index is -0.194. The largest absolute Gasteiger partial charge is 0.504 e. The highest BCUT2D eigenvalue weighted by Gasteiger charge is 2.35. The number of phenolic OH excluding ortho intramolecular Hbond substituents is 1. The third-order valence-electron chi connectivity index (χ3n) is 5.36. The molecule has 35 heavy (non-hydrogen) atoms. The number of thioether (sulfide) groups is 1. The Morgan fingerprint density at radius 3 is 2.17 bits per heavy atom. The van der Waals surface area contributed by atoms with Crippen LogP contribution in [0.25, 0.3) is 6.08 Å². The number of rotatable bonds is 5. The fourth-order valence-electron chi connectivity index (χ4n) is 4.09. The second-order valence-electron chi connectivity index (χ2n) is 8.61. The number of amides is 1. The molecule has 7 heteroatoms. The smallest absolute Gasteiger partial charge is 0.271 e. The SMILES string of the molecule is CCOc1cc(Br)cc(C=C2SC(=Nc3cc(C)cc(C)c3)N(c3cc(C)cc(C)c3)C2=O)c1O. The molecular formula is C28H27BrN2O3S. The summed E-state index contributed by atoms with van der Waals surface area (Å²) in [6.07, 6.45) is 1.69. The van der Waals surface area contributed by atoms with Crippen LogP contribution < -0.4 is 9.64 Å². The van der Waals surface area contributed by atoms with E-state index in [2.05, 4.69) is 28.1 Å². The quantitative estimate of drug-likeness (QED) is 0.332. The molecule has 1 aliphatic rings. The topological polar surface area (TPSA) is 62.1 Å². The van der Waals surface area contributed by atoms with Gasteiger partial charge in [0, 0.05) is 10.0 Å². The fourth-order valence-corrected chi connectivity index (χ4v) is 5.54. The number of phenols is 1. The molecular weight excluding hydrogens is 524 g/mol. The Labute approximate surface area is 218 Å². The first kappa shape index (κ1) is 25.1. The van der Waals surface area contributed by atoms with Gasteiger partial charge in [-0.05, 0) is 111 Å². The van der Waals surface area contributed by atoms with Gasteiger partial charge in [-0.2, -0.15) is 0 Å². The van der Waals surface area contributed by atoms with E-state index in [1.165, 1.54) is 11.8 Å². The van der Waals surface area contributed by atoms with Gasteiger partial charge >= 0.3 is 0 Å². The van der Waals surface area contributed by atoms with Crippen molar-refractivity contribution in [1.29, 1.82) is 0 Å². The van der Waals surface area contributed by atoms with Crippen molar-refractivity contribution in [1.82, 2.24) is 0 Å². The maximum atomic E-state index is 13.7. The summed E-state index contributed by atoms with van der Waals surface area (Å²) in [6.45, 7) is 10.4. The standard InChI is InChI=1S/C28H27BrN2O3S/c1-6-34-24-15-21(29)13-20(26(24)32)14-25-27(33)31(23-11-18(4)8-19(5)12-23)28(35-25)30-22-9-16(2)7-17(3)10-22/h7-15,32H,6H2,1-5H3. The molecule has 0 radical (unpaired) electrons. The molecule has 0 aromatic heterocycles. The van der Waals surface area contributed by atoms with Crippen molar-refractivity contribution in [2.24, 2.45) is 4.99 Å². The second kappa shape index (κ2) is 10.3. The average molecular weight is 552 g/mol. The van der Waals surface area contributed by atoms with Gasteiger partial charge < -0.3 is 9.84 Å². The third-order valence-corrected chi connectivity index (χ3v) is 6.78. The molecule has 4 rings (SSSR count). The average Bonchev–Trinajstić information content (AvgIpc) is 3.04. The van der Waals surface area contributed by atoms with Crippen LogP contribution in [0, 0.1) is 27.7 Å². The van der Waals surface area contributed by atoms with Gasteiger partial charge in [0.05, 0.1) is 22.9 Å². The molecule has 180 valence electrons. The number of halogens is 1. The molecule has 1 aliphatic heterocycles. The van der Waals surface area contributed by atoms with Crippen molar-refractivity contribution in [2.45, 2.75) is 34.6 Å². The number of carbonyl (C=O) groups is 1. The van der Waals surface area contributed by atoms with E-state index < -0.39 is 0 Å². The summed E-state index contributed by atoms with van der Waals surface area (Å²) in [5, 5.41) is 11.3. The summed E-state index contributed by atoms with van der Waals surface area (Å²) < 4.78 is 6.30. The first-order valence-electron chi connectivity index (χ1n) is 11.3. The van der Waals surface area contributed by atoms with E-state index in [0.29, 0.717) is 28.0 Å². The number of benzene rings is 3. The van der Waals surface area contributed by atoms with Crippen LogP contribution in [0.4, 0.5) is 11.4 Å². The Kier molecular flexibility index (Phi) is 7.38. The molecule has 1 fully saturated rings. The number of aryl methyl sites for hydroxylation is 4. The zero-order valence-corrected chi connectivity index (χ0v) is 22.8. The lowest BCUT2D eigenvalue weighted by Gasteiger charge is -2.17. The van der Waals surface area contributed by atoms with Crippen molar-refractivity contribution < 1.29 is 14.6 Å². The number of aromatic hydroxyl groups is 1. The molecule has 1 heterocycles. The molecule has 0 bridgehead atoms. The molecule has 1 amide bonds. The van der Waals surface area contributed by atoms with Gasteiger partial charge in [0.15, 0.2) is 16.7 Å². The predicted octanol–water partition coefficient (Wildman–Crippen LogP) is 7.60. The van der Waals surface area contributed by atoms with E-state index in [9.17, 15) is 9.90 Å². The van der Waals surface area contributed by atoms with Crippen LogP contribution in [-0.4, -0.2) is 22.8 Å². The molecule has 1 N–H and O–H groups in total. The van der Waals surface area contributed by atoms with E-state index in [1.807, 2.05) is 58.9 Å². The van der Waals surface area contributed by atoms with E-state index >= 15 is 0 Å². The normalized spacial score (nSPS) is 15.9. The van der Waals surface area contributed by atoms with Gasteiger partial charge in [0.2, 0.25) is 0 Å². The second-order valence-corrected chi connectivity index (χ2v) is 10.5. The van der Waals surface area contributed by atoms with Crippen molar-refractivity contribution >= 4 is 56.2 Å². The van der Waals surface area contributed by atoms with Gasteiger partial charge in [-0.15, -0.1) is 0 Å². The Bertz CT molecular complexity index is 1340. The molecule has 5 nitrogen and oxygen atoms in total. The number of aliphatic imine (C=N–C) groups is 1. The van der Waals surface area contributed by atoms with Crippen LogP contribution in [-0.2, 0) is 4.79 Å². The van der Waals surface area contributed by atoms with Gasteiger partial charge in [-0.3, -0.25) is 9.69 Å². The molecule has 0 unspecified atom stereocenters. The summed E-state index contributed by atoms with van der Waals surface area (Å²) >= 11 is 4.76. The van der Waals surface area contributed by atoms with E-state index in [-0.39, 0.29) is 11.7 Å². The highest BCUT2D eigenvalue weighted by atomic mass is 79.9. The van der Waals surface area contributed by atoms with E-state index in [4.69, 9.17) is 9.73 Å². The Morgan fingerprint density at radius 1 is 0.971 bits per heavy atom. The van der Waals surface area contributed by atoms with Crippen LogP contribution >= 0.6 is 27.7 Å². The summed E-state index contributed by atoms with van der Waals surface area (Å²) in [4.78, 5) is 20.7. The Balaban J connectivity index is 1.85. The van der Waals surface area contributed by atoms with Crippen LogP contribution in [0.2, 0.25) is 0 Å². The van der Waals surface area contributed by atoms with Crippen LogP contribution in [0.5, 0.6) is 11.5 Å². The molecule has 3 aromatic rings. The van der Waals surface area contributed by atoms with E-state index in [1.54, 1.807) is 23.1 Å². The lowest BCUT2D eigenvalue weighted by Crippen LogP contribution is -2.28. The fraction of sp³-hybridized carbons (Fsp3) is 0.214. The van der Waals surface area contributed by atoms with Crippen molar-refractivity contribution in [3.8, 4) is 11.5 Å². The number of nitrogens with zero attached hydrogens (tertiary/aromatic N) is 2. The van der Waals surface area contributed by atoms with Crippen molar-refractivity contribution in [3.05, 3.63) is 85.7 Å². The van der Waals surface area contributed by atoms with Gasteiger partial charge in [0.25, 0.3) is 5.91 Å². The molecule has 3 aromatic carbocycles. The van der Waals surface area contributed by atoms with Gasteiger partial charge in [-0.1, -0.05) is 28.1 Å². The summed E-state index contributed by atoms with van der Waals surface area (Å²) in [6, 6.07) is 15.6. The molecule has 0 atom stereocenters. The number of amidine groups is 1. The van der Waals surface area contributed by atoms with Crippen LogP contribution in [0.3, 0.4) is 0 Å². The minimum Gasteiger partial charge on any atom is -0.504 e. The molecule has 1 saturated heterocycles. The Hall–Kier alpha value is -3.03. The lowest BCUT2D eigenvalue weighted by atomic mass is 10.1. The molecule has 0 spiro atoms. The van der Waals surface area contributed by atoms with Crippen LogP contribution in [0.15, 0.2) is 62.9 Å². The first-order valence-corrected chi connectivity index (χ1v) is 12.9. The molecule has 0 saturated carbocycles. The number of carbonyl (C=O) groups excluding carboxylic acids is 1. The zero-order valence-electron chi connectivity index (χ0n) is 20.3. The predicted molar refractivity (Wildman–Crippen MR) is 149 cm³/mol. The lowest BCUT2D eigenvalue weighted by molar-refractivity contribution is -0.113. The highest BCUT2D eigenvalue weighted by molar-refractivity contribution is 9.10. The van der Waals surface area contributed by atoms with Gasteiger partial charge in [-0.25, -0.2) is 4.99 Å². The third kappa shape index (κ3) is 5.63.